The fourth-order valence-electron chi connectivity index (χ4n) is 1.50. The molecule has 11 heavy (non-hydrogen) atoms. The van der Waals surface area contributed by atoms with Crippen molar-refractivity contribution in [3.05, 3.63) is 0 Å². The molecular formula is C8H18N2O. The highest BCUT2D eigenvalue weighted by molar-refractivity contribution is 4.96. The average Bonchev–Trinajstić information content (AvgIpc) is 2.37. The van der Waals surface area contributed by atoms with Crippen LogP contribution < -0.4 is 11.1 Å². The van der Waals surface area contributed by atoms with E-state index in [2.05, 4.69) is 5.32 Å². The number of nitrogens with two attached hydrogens (primary N) is 1. The highest BCUT2D eigenvalue weighted by atomic mass is 16.3. The number of aliphatic hydroxyl groups is 1. The minimum absolute atomic E-state index is 0.168. The van der Waals surface area contributed by atoms with E-state index in [-0.39, 0.29) is 12.1 Å². The van der Waals surface area contributed by atoms with Crippen LogP contribution in [0.4, 0.5) is 0 Å². The van der Waals surface area contributed by atoms with Crippen LogP contribution in [0.3, 0.4) is 0 Å². The Hall–Kier alpha value is -0.120. The van der Waals surface area contributed by atoms with Gasteiger partial charge in [0.05, 0.1) is 5.60 Å². The van der Waals surface area contributed by atoms with Gasteiger partial charge in [0.15, 0.2) is 0 Å². The van der Waals surface area contributed by atoms with Gasteiger partial charge in [0.25, 0.3) is 0 Å². The summed E-state index contributed by atoms with van der Waals surface area (Å²) in [6, 6.07) is 0.0144. The second kappa shape index (κ2) is 3.09. The first kappa shape index (κ1) is 8.97. The number of hydrogen-bond donors (Lipinski definition) is 3. The minimum Gasteiger partial charge on any atom is -0.387 e. The van der Waals surface area contributed by atoms with Crippen molar-refractivity contribution >= 4 is 0 Å². The van der Waals surface area contributed by atoms with Gasteiger partial charge in [-0.05, 0) is 33.2 Å². The van der Waals surface area contributed by atoms with E-state index in [1.54, 1.807) is 6.92 Å². The molecule has 0 aromatic carbocycles. The zero-order valence-corrected chi connectivity index (χ0v) is 7.30. The van der Waals surface area contributed by atoms with Gasteiger partial charge in [0, 0.05) is 12.1 Å². The zero-order valence-electron chi connectivity index (χ0n) is 7.30. The van der Waals surface area contributed by atoms with Crippen LogP contribution in [-0.2, 0) is 0 Å². The lowest BCUT2D eigenvalue weighted by Crippen LogP contribution is -2.55. The lowest BCUT2D eigenvalue weighted by Gasteiger charge is -2.33. The smallest absolute Gasteiger partial charge is 0.0919 e. The van der Waals surface area contributed by atoms with Crippen LogP contribution in [0.5, 0.6) is 0 Å². The molecule has 0 amide bonds. The summed E-state index contributed by atoms with van der Waals surface area (Å²) in [5.74, 6) is 0. The summed E-state index contributed by atoms with van der Waals surface area (Å²) in [7, 11) is 0. The summed E-state index contributed by atoms with van der Waals surface area (Å²) in [6.07, 6.45) is 2.18. The summed E-state index contributed by atoms with van der Waals surface area (Å²) in [6.45, 7) is 4.66. The maximum absolute atomic E-state index is 9.90. The highest BCUT2D eigenvalue weighted by Crippen LogP contribution is 2.20. The van der Waals surface area contributed by atoms with Crippen LogP contribution in [0.15, 0.2) is 0 Å². The van der Waals surface area contributed by atoms with Crippen molar-refractivity contribution in [3.63, 3.8) is 0 Å². The van der Waals surface area contributed by atoms with Crippen LogP contribution in [0, 0.1) is 0 Å². The monoisotopic (exact) mass is 158 g/mol. The quantitative estimate of drug-likeness (QED) is 0.523. The Morgan fingerprint density at radius 2 is 2.36 bits per heavy atom. The van der Waals surface area contributed by atoms with Crippen molar-refractivity contribution in [2.24, 2.45) is 5.73 Å². The number of rotatable bonds is 2. The van der Waals surface area contributed by atoms with Crippen LogP contribution in [0.2, 0.25) is 0 Å². The molecule has 1 aliphatic rings. The topological polar surface area (TPSA) is 58.3 Å². The third-order valence-electron chi connectivity index (χ3n) is 2.69. The molecule has 0 bridgehead atoms. The van der Waals surface area contributed by atoms with Gasteiger partial charge in [-0.3, -0.25) is 0 Å². The average molecular weight is 158 g/mol. The van der Waals surface area contributed by atoms with E-state index >= 15 is 0 Å². The largest absolute Gasteiger partial charge is 0.387 e. The summed E-state index contributed by atoms with van der Waals surface area (Å²) in [4.78, 5) is 0. The summed E-state index contributed by atoms with van der Waals surface area (Å²) in [5.41, 5.74) is 4.91. The molecule has 3 atom stereocenters. The van der Waals surface area contributed by atoms with Crippen molar-refractivity contribution in [2.45, 2.75) is 44.4 Å². The van der Waals surface area contributed by atoms with Crippen molar-refractivity contribution in [3.8, 4) is 0 Å². The molecule has 4 N–H and O–H groups in total. The van der Waals surface area contributed by atoms with E-state index in [0.29, 0.717) is 0 Å². The molecule has 1 saturated heterocycles. The first-order valence-electron chi connectivity index (χ1n) is 4.26. The number of hydrogen-bond acceptors (Lipinski definition) is 3. The maximum Gasteiger partial charge on any atom is 0.0919 e. The van der Waals surface area contributed by atoms with E-state index < -0.39 is 5.60 Å². The molecule has 0 aromatic rings. The molecule has 1 aliphatic heterocycles. The third-order valence-corrected chi connectivity index (χ3v) is 2.69. The van der Waals surface area contributed by atoms with Crippen LogP contribution in [0.25, 0.3) is 0 Å². The molecule has 0 radical (unpaired) electrons. The summed E-state index contributed by atoms with van der Waals surface area (Å²) in [5, 5.41) is 13.2. The minimum atomic E-state index is -0.753. The first-order chi connectivity index (χ1) is 5.05. The predicted octanol–water partition coefficient (Wildman–Crippen LogP) is -0.163. The van der Waals surface area contributed by atoms with Crippen molar-refractivity contribution in [1.82, 2.24) is 5.32 Å². The predicted molar refractivity (Wildman–Crippen MR) is 45.3 cm³/mol. The Kier molecular flexibility index (Phi) is 2.52. The molecule has 0 saturated carbocycles. The van der Waals surface area contributed by atoms with Gasteiger partial charge >= 0.3 is 0 Å². The molecule has 3 unspecified atom stereocenters. The SMILES string of the molecule is CC(N)C(C)(O)C1CCCN1. The van der Waals surface area contributed by atoms with Gasteiger partial charge in [0.2, 0.25) is 0 Å². The van der Waals surface area contributed by atoms with Crippen molar-refractivity contribution < 1.29 is 5.11 Å². The van der Waals surface area contributed by atoms with Crippen molar-refractivity contribution in [2.75, 3.05) is 6.54 Å². The molecule has 66 valence electrons. The molecule has 3 heteroatoms. The Bertz CT molecular complexity index is 128. The normalized spacial score (nSPS) is 33.3. The molecule has 1 fully saturated rings. The Morgan fingerprint density at radius 1 is 1.73 bits per heavy atom. The summed E-state index contributed by atoms with van der Waals surface area (Å²) >= 11 is 0. The molecule has 1 heterocycles. The van der Waals surface area contributed by atoms with Gasteiger partial charge in [-0.2, -0.15) is 0 Å². The second-order valence-corrected chi connectivity index (χ2v) is 3.66. The molecular weight excluding hydrogens is 140 g/mol. The van der Waals surface area contributed by atoms with Crippen LogP contribution >= 0.6 is 0 Å². The highest BCUT2D eigenvalue weighted by Gasteiger charge is 2.36. The first-order valence-corrected chi connectivity index (χ1v) is 4.26. The van der Waals surface area contributed by atoms with Gasteiger partial charge < -0.3 is 16.2 Å². The molecule has 1 rings (SSSR count). The number of nitrogens with one attached hydrogen (secondary N) is 1. The van der Waals surface area contributed by atoms with Gasteiger partial charge in [-0.25, -0.2) is 0 Å². The maximum atomic E-state index is 9.90. The van der Waals surface area contributed by atoms with E-state index in [0.717, 1.165) is 19.4 Å². The fourth-order valence-corrected chi connectivity index (χ4v) is 1.50. The molecule has 0 aliphatic carbocycles. The molecule has 0 spiro atoms. The molecule has 0 aromatic heterocycles. The standard InChI is InChI=1S/C8H18N2O/c1-6(9)8(2,11)7-4-3-5-10-7/h6-7,10-11H,3-5,9H2,1-2H3. The lowest BCUT2D eigenvalue weighted by molar-refractivity contribution is 0.00638. The van der Waals surface area contributed by atoms with Gasteiger partial charge in [0.1, 0.15) is 0 Å². The third kappa shape index (κ3) is 1.72. The summed E-state index contributed by atoms with van der Waals surface area (Å²) < 4.78 is 0. The van der Waals surface area contributed by atoms with E-state index in [1.807, 2.05) is 6.92 Å². The Balaban J connectivity index is 2.55. The zero-order chi connectivity index (χ0) is 8.48. The van der Waals surface area contributed by atoms with Crippen LogP contribution in [-0.4, -0.2) is 29.3 Å². The van der Waals surface area contributed by atoms with Crippen LogP contribution in [0.1, 0.15) is 26.7 Å². The van der Waals surface area contributed by atoms with Gasteiger partial charge in [-0.1, -0.05) is 0 Å². The Labute approximate surface area is 68.0 Å². The molecule has 3 nitrogen and oxygen atoms in total. The van der Waals surface area contributed by atoms with Gasteiger partial charge in [-0.15, -0.1) is 0 Å². The Morgan fingerprint density at radius 3 is 2.73 bits per heavy atom. The van der Waals surface area contributed by atoms with E-state index in [1.165, 1.54) is 0 Å². The van der Waals surface area contributed by atoms with E-state index in [4.69, 9.17) is 5.73 Å². The fraction of sp³-hybridized carbons (Fsp3) is 1.00. The second-order valence-electron chi connectivity index (χ2n) is 3.66. The lowest BCUT2D eigenvalue weighted by atomic mass is 9.89. The van der Waals surface area contributed by atoms with E-state index in [9.17, 15) is 5.11 Å². The van der Waals surface area contributed by atoms with Crippen molar-refractivity contribution in [1.29, 1.82) is 0 Å².